The lowest BCUT2D eigenvalue weighted by molar-refractivity contribution is 0.474. The minimum Gasteiger partial charge on any atom is -0.508 e. The summed E-state index contributed by atoms with van der Waals surface area (Å²) in [6, 6.07) is 17.4. The molecule has 2 aromatic carbocycles. The number of benzene rings is 2. The van der Waals surface area contributed by atoms with Crippen LogP contribution in [-0.2, 0) is 13.0 Å². The second-order valence-electron chi connectivity index (χ2n) is 4.96. The van der Waals surface area contributed by atoms with Crippen LogP contribution in [0, 0.1) is 11.3 Å². The molecular weight excluding hydrogens is 248 g/mol. The molecule has 0 aromatic heterocycles. The predicted octanol–water partition coefficient (Wildman–Crippen LogP) is 2.98. The molecule has 0 saturated heterocycles. The molecule has 1 unspecified atom stereocenters. The largest absolute Gasteiger partial charge is 0.508 e. The van der Waals surface area contributed by atoms with Crippen LogP contribution in [0.1, 0.15) is 23.6 Å². The second-order valence-corrected chi connectivity index (χ2v) is 4.96. The fraction of sp³-hybridized carbons (Fsp3) is 0.235. The predicted molar refractivity (Wildman–Crippen MR) is 79.3 cm³/mol. The molecule has 20 heavy (non-hydrogen) atoms. The van der Waals surface area contributed by atoms with Crippen molar-refractivity contribution in [2.24, 2.45) is 0 Å². The van der Waals surface area contributed by atoms with Crippen molar-refractivity contribution in [3.8, 4) is 11.8 Å². The van der Waals surface area contributed by atoms with Gasteiger partial charge in [-0.3, -0.25) is 0 Å². The Morgan fingerprint density at radius 3 is 2.60 bits per heavy atom. The van der Waals surface area contributed by atoms with E-state index in [1.807, 2.05) is 36.4 Å². The van der Waals surface area contributed by atoms with E-state index in [0.717, 1.165) is 18.5 Å². The molecular formula is C17H18N2O. The summed E-state index contributed by atoms with van der Waals surface area (Å²) >= 11 is 0. The van der Waals surface area contributed by atoms with Crippen molar-refractivity contribution in [3.05, 3.63) is 65.2 Å². The first-order valence-corrected chi connectivity index (χ1v) is 6.67. The summed E-state index contributed by atoms with van der Waals surface area (Å²) in [5, 5.41) is 21.6. The van der Waals surface area contributed by atoms with Gasteiger partial charge < -0.3 is 10.4 Å². The zero-order chi connectivity index (χ0) is 14.4. The quantitative estimate of drug-likeness (QED) is 0.874. The lowest BCUT2D eigenvalue weighted by atomic mass is 10.1. The van der Waals surface area contributed by atoms with E-state index in [4.69, 9.17) is 5.26 Å². The van der Waals surface area contributed by atoms with Gasteiger partial charge in [0, 0.05) is 12.6 Å². The Bertz CT molecular complexity index is 599. The van der Waals surface area contributed by atoms with Gasteiger partial charge in [0.25, 0.3) is 0 Å². The Balaban J connectivity index is 1.87. The van der Waals surface area contributed by atoms with Crippen LogP contribution >= 0.6 is 0 Å². The molecule has 0 bridgehead atoms. The molecule has 2 N–H and O–H groups in total. The number of hydrogen-bond donors (Lipinski definition) is 2. The minimum atomic E-state index is 0.294. The average molecular weight is 266 g/mol. The third kappa shape index (κ3) is 4.11. The van der Waals surface area contributed by atoms with Crippen LogP contribution in [0.15, 0.2) is 48.5 Å². The third-order valence-corrected chi connectivity index (χ3v) is 3.19. The maximum atomic E-state index is 9.25. The summed E-state index contributed by atoms with van der Waals surface area (Å²) in [5.74, 6) is 0.294. The van der Waals surface area contributed by atoms with E-state index >= 15 is 0 Å². The van der Waals surface area contributed by atoms with Crippen LogP contribution in [0.3, 0.4) is 0 Å². The van der Waals surface area contributed by atoms with Crippen LogP contribution < -0.4 is 5.32 Å². The highest BCUT2D eigenvalue weighted by Crippen LogP contribution is 2.11. The third-order valence-electron chi connectivity index (χ3n) is 3.19. The monoisotopic (exact) mass is 266 g/mol. The Kier molecular flexibility index (Phi) is 4.75. The number of aromatic hydroxyl groups is 1. The van der Waals surface area contributed by atoms with E-state index in [2.05, 4.69) is 18.3 Å². The molecule has 0 radical (unpaired) electrons. The van der Waals surface area contributed by atoms with E-state index in [0.29, 0.717) is 17.4 Å². The number of nitrogens with zero attached hydrogens (tertiary/aromatic N) is 1. The Hall–Kier alpha value is -2.31. The molecule has 0 heterocycles. The maximum Gasteiger partial charge on any atom is 0.115 e. The van der Waals surface area contributed by atoms with Gasteiger partial charge in [-0.05, 0) is 48.7 Å². The summed E-state index contributed by atoms with van der Waals surface area (Å²) < 4.78 is 0. The lowest BCUT2D eigenvalue weighted by Crippen LogP contribution is -2.27. The van der Waals surface area contributed by atoms with Gasteiger partial charge in [0.2, 0.25) is 0 Å². The van der Waals surface area contributed by atoms with Crippen LogP contribution in [0.4, 0.5) is 0 Å². The summed E-state index contributed by atoms with van der Waals surface area (Å²) in [4.78, 5) is 0. The first kappa shape index (κ1) is 14.1. The van der Waals surface area contributed by atoms with Crippen molar-refractivity contribution >= 4 is 0 Å². The molecule has 0 spiro atoms. The van der Waals surface area contributed by atoms with Gasteiger partial charge >= 0.3 is 0 Å². The van der Waals surface area contributed by atoms with Gasteiger partial charge in [0.1, 0.15) is 5.75 Å². The number of phenolic OH excluding ortho intramolecular Hbond substituents is 1. The SMILES string of the molecule is CC(Cc1ccc(O)cc1)NCc1cccc(C#N)c1. The average Bonchev–Trinajstić information content (AvgIpc) is 2.48. The van der Waals surface area contributed by atoms with Gasteiger partial charge in [0.15, 0.2) is 0 Å². The second kappa shape index (κ2) is 6.74. The Labute approximate surface area is 119 Å². The number of nitriles is 1. The highest BCUT2D eigenvalue weighted by molar-refractivity contribution is 5.32. The zero-order valence-corrected chi connectivity index (χ0v) is 11.5. The highest BCUT2D eigenvalue weighted by atomic mass is 16.3. The summed E-state index contributed by atoms with van der Waals surface area (Å²) in [5.41, 5.74) is 2.99. The zero-order valence-electron chi connectivity index (χ0n) is 11.5. The molecule has 0 amide bonds. The fourth-order valence-corrected chi connectivity index (χ4v) is 2.10. The number of nitrogens with one attached hydrogen (secondary N) is 1. The van der Waals surface area contributed by atoms with E-state index < -0.39 is 0 Å². The van der Waals surface area contributed by atoms with Crippen LogP contribution in [0.25, 0.3) is 0 Å². The van der Waals surface area contributed by atoms with Crippen molar-refractivity contribution in [1.29, 1.82) is 5.26 Å². The lowest BCUT2D eigenvalue weighted by Gasteiger charge is -2.14. The first-order valence-electron chi connectivity index (χ1n) is 6.67. The smallest absolute Gasteiger partial charge is 0.115 e. The van der Waals surface area contributed by atoms with Gasteiger partial charge in [-0.2, -0.15) is 5.26 Å². The standard InChI is InChI=1S/C17H18N2O/c1-13(9-14-5-7-17(20)8-6-14)19-12-16-4-2-3-15(10-16)11-18/h2-8,10,13,19-20H,9,12H2,1H3. The van der Waals surface area contributed by atoms with Crippen LogP contribution in [-0.4, -0.2) is 11.1 Å². The molecule has 102 valence electrons. The molecule has 0 aliphatic heterocycles. The molecule has 2 aromatic rings. The van der Waals surface area contributed by atoms with Crippen LogP contribution in [0.5, 0.6) is 5.75 Å². The Morgan fingerprint density at radius 2 is 1.90 bits per heavy atom. The fourth-order valence-electron chi connectivity index (χ4n) is 2.10. The molecule has 0 saturated carbocycles. The number of phenols is 1. The van der Waals surface area contributed by atoms with Crippen molar-refractivity contribution in [3.63, 3.8) is 0 Å². The Morgan fingerprint density at radius 1 is 1.15 bits per heavy atom. The van der Waals surface area contributed by atoms with Gasteiger partial charge in [-0.1, -0.05) is 24.3 Å². The van der Waals surface area contributed by atoms with E-state index in [-0.39, 0.29) is 0 Å². The van der Waals surface area contributed by atoms with Crippen molar-refractivity contribution in [2.75, 3.05) is 0 Å². The molecule has 3 heteroatoms. The number of hydrogen-bond acceptors (Lipinski definition) is 3. The van der Waals surface area contributed by atoms with E-state index in [9.17, 15) is 5.11 Å². The molecule has 0 aliphatic carbocycles. The first-order chi connectivity index (χ1) is 9.67. The summed E-state index contributed by atoms with van der Waals surface area (Å²) in [6.45, 7) is 2.87. The minimum absolute atomic E-state index is 0.294. The molecule has 3 nitrogen and oxygen atoms in total. The van der Waals surface area contributed by atoms with Gasteiger partial charge in [-0.25, -0.2) is 0 Å². The molecule has 2 rings (SSSR count). The molecule has 0 aliphatic rings. The van der Waals surface area contributed by atoms with E-state index in [1.54, 1.807) is 12.1 Å². The van der Waals surface area contributed by atoms with Crippen molar-refractivity contribution < 1.29 is 5.11 Å². The van der Waals surface area contributed by atoms with Crippen molar-refractivity contribution in [2.45, 2.75) is 25.9 Å². The normalized spacial score (nSPS) is 11.8. The summed E-state index contributed by atoms with van der Waals surface area (Å²) in [7, 11) is 0. The summed E-state index contributed by atoms with van der Waals surface area (Å²) in [6.07, 6.45) is 0.901. The molecule has 0 fully saturated rings. The topological polar surface area (TPSA) is 56.0 Å². The van der Waals surface area contributed by atoms with Crippen molar-refractivity contribution in [1.82, 2.24) is 5.32 Å². The van der Waals surface area contributed by atoms with E-state index in [1.165, 1.54) is 5.56 Å². The van der Waals surface area contributed by atoms with Crippen LogP contribution in [0.2, 0.25) is 0 Å². The number of rotatable bonds is 5. The molecule has 1 atom stereocenters. The van der Waals surface area contributed by atoms with Gasteiger partial charge in [-0.15, -0.1) is 0 Å². The highest BCUT2D eigenvalue weighted by Gasteiger charge is 2.04. The van der Waals surface area contributed by atoms with Gasteiger partial charge in [0.05, 0.1) is 11.6 Å². The maximum absolute atomic E-state index is 9.25.